The van der Waals surface area contributed by atoms with Crippen LogP contribution in [0.15, 0.2) is 0 Å². The molecule has 0 spiro atoms. The number of alkyl halides is 3. The van der Waals surface area contributed by atoms with Crippen LogP contribution in [-0.4, -0.2) is 43.5 Å². The molecular formula is C9H18F3NOS. The average molecular weight is 245 g/mol. The van der Waals surface area contributed by atoms with E-state index in [-0.39, 0.29) is 6.61 Å². The number of nitrogens with one attached hydrogen (secondary N) is 1. The zero-order chi connectivity index (χ0) is 11.7. The van der Waals surface area contributed by atoms with Crippen molar-refractivity contribution in [2.45, 2.75) is 26.1 Å². The quantitative estimate of drug-likeness (QED) is 0.663. The first-order valence-electron chi connectivity index (χ1n) is 4.91. The summed E-state index contributed by atoms with van der Waals surface area (Å²) in [5.74, 6) is 2.02. The highest BCUT2D eigenvalue weighted by molar-refractivity contribution is 7.99. The Morgan fingerprint density at radius 2 is 2.07 bits per heavy atom. The van der Waals surface area contributed by atoms with Gasteiger partial charge in [-0.25, -0.2) is 0 Å². The van der Waals surface area contributed by atoms with E-state index in [1.165, 1.54) is 0 Å². The molecule has 0 bridgehead atoms. The van der Waals surface area contributed by atoms with E-state index in [1.807, 2.05) is 6.92 Å². The van der Waals surface area contributed by atoms with E-state index in [1.54, 1.807) is 11.8 Å². The standard InChI is InChI=1S/C9H18F3NOS/c1-3-15-6-8(2)13-4-5-14-7-9(10,11)12/h8,13H,3-7H2,1-2H3. The fourth-order valence-electron chi connectivity index (χ4n) is 0.919. The van der Waals surface area contributed by atoms with Gasteiger partial charge in [-0.2, -0.15) is 24.9 Å². The van der Waals surface area contributed by atoms with Gasteiger partial charge in [-0.3, -0.25) is 0 Å². The van der Waals surface area contributed by atoms with Gasteiger partial charge < -0.3 is 10.1 Å². The molecule has 0 aromatic rings. The van der Waals surface area contributed by atoms with E-state index in [9.17, 15) is 13.2 Å². The molecule has 0 aliphatic heterocycles. The van der Waals surface area contributed by atoms with Crippen LogP contribution in [-0.2, 0) is 4.74 Å². The molecule has 2 nitrogen and oxygen atoms in total. The van der Waals surface area contributed by atoms with Gasteiger partial charge in [-0.1, -0.05) is 6.92 Å². The van der Waals surface area contributed by atoms with Crippen molar-refractivity contribution in [1.29, 1.82) is 0 Å². The second-order valence-corrected chi connectivity index (χ2v) is 4.50. The maximum absolute atomic E-state index is 11.7. The Balaban J connectivity index is 3.23. The topological polar surface area (TPSA) is 21.3 Å². The summed E-state index contributed by atoms with van der Waals surface area (Å²) in [6, 6.07) is 0.310. The molecule has 92 valence electrons. The van der Waals surface area contributed by atoms with Gasteiger partial charge in [0, 0.05) is 18.3 Å². The van der Waals surface area contributed by atoms with Crippen LogP contribution in [0.1, 0.15) is 13.8 Å². The summed E-state index contributed by atoms with van der Waals surface area (Å²) in [7, 11) is 0. The van der Waals surface area contributed by atoms with Crippen LogP contribution in [0.4, 0.5) is 13.2 Å². The highest BCUT2D eigenvalue weighted by Crippen LogP contribution is 2.13. The Labute approximate surface area is 92.9 Å². The molecule has 0 aliphatic carbocycles. The summed E-state index contributed by atoms with van der Waals surface area (Å²) in [5.41, 5.74) is 0. The monoisotopic (exact) mass is 245 g/mol. The predicted molar refractivity (Wildman–Crippen MR) is 57.3 cm³/mol. The number of rotatable bonds is 8. The Morgan fingerprint density at radius 1 is 1.40 bits per heavy atom. The SMILES string of the molecule is CCSCC(C)NCCOCC(F)(F)F. The molecule has 1 unspecified atom stereocenters. The van der Waals surface area contributed by atoms with Crippen molar-refractivity contribution in [3.05, 3.63) is 0 Å². The minimum atomic E-state index is -4.22. The molecule has 0 saturated heterocycles. The Kier molecular flexibility index (Phi) is 8.27. The maximum Gasteiger partial charge on any atom is 0.411 e. The summed E-state index contributed by atoms with van der Waals surface area (Å²) in [5, 5.41) is 3.09. The van der Waals surface area contributed by atoms with Crippen molar-refractivity contribution in [2.24, 2.45) is 0 Å². The minimum absolute atomic E-state index is 0.0979. The Hall–Kier alpha value is 0.0600. The first kappa shape index (κ1) is 15.1. The highest BCUT2D eigenvalue weighted by atomic mass is 32.2. The molecular weight excluding hydrogens is 227 g/mol. The summed E-state index contributed by atoms with van der Waals surface area (Å²) in [4.78, 5) is 0. The molecule has 0 aromatic carbocycles. The van der Waals surface area contributed by atoms with Crippen LogP contribution in [0, 0.1) is 0 Å². The molecule has 0 fully saturated rings. The minimum Gasteiger partial charge on any atom is -0.371 e. The molecule has 15 heavy (non-hydrogen) atoms. The van der Waals surface area contributed by atoms with Gasteiger partial charge >= 0.3 is 6.18 Å². The molecule has 0 saturated carbocycles. The normalized spacial score (nSPS) is 14.2. The zero-order valence-corrected chi connectivity index (χ0v) is 9.88. The fraction of sp³-hybridized carbons (Fsp3) is 1.00. The first-order valence-corrected chi connectivity index (χ1v) is 6.06. The zero-order valence-electron chi connectivity index (χ0n) is 9.06. The number of ether oxygens (including phenoxy) is 1. The Morgan fingerprint density at radius 3 is 2.60 bits per heavy atom. The van der Waals surface area contributed by atoms with Crippen LogP contribution in [0.5, 0.6) is 0 Å². The number of thioether (sulfide) groups is 1. The Bertz CT molecular complexity index is 155. The third-order valence-electron chi connectivity index (χ3n) is 1.58. The third kappa shape index (κ3) is 12.0. The summed E-state index contributed by atoms with van der Waals surface area (Å²) in [6.07, 6.45) is -4.22. The van der Waals surface area contributed by atoms with Gasteiger partial charge in [0.15, 0.2) is 0 Å². The molecule has 6 heteroatoms. The van der Waals surface area contributed by atoms with E-state index in [4.69, 9.17) is 0 Å². The van der Waals surface area contributed by atoms with Crippen molar-refractivity contribution >= 4 is 11.8 Å². The van der Waals surface area contributed by atoms with Crippen LogP contribution in [0.25, 0.3) is 0 Å². The van der Waals surface area contributed by atoms with E-state index in [0.717, 1.165) is 11.5 Å². The molecule has 1 N–H and O–H groups in total. The first-order chi connectivity index (χ1) is 6.95. The molecule has 1 atom stereocenters. The van der Waals surface area contributed by atoms with Crippen LogP contribution < -0.4 is 5.32 Å². The second kappa shape index (κ2) is 8.24. The number of hydrogen-bond donors (Lipinski definition) is 1. The maximum atomic E-state index is 11.7. The summed E-state index contributed by atoms with van der Waals surface area (Å²) in [6.45, 7) is 3.48. The smallest absolute Gasteiger partial charge is 0.371 e. The third-order valence-corrected chi connectivity index (χ3v) is 2.72. The molecule has 0 rings (SSSR count). The number of hydrogen-bond acceptors (Lipinski definition) is 3. The summed E-state index contributed by atoms with van der Waals surface area (Å²) >= 11 is 1.80. The predicted octanol–water partition coefficient (Wildman–Crippen LogP) is 2.30. The largest absolute Gasteiger partial charge is 0.411 e. The fourth-order valence-corrected chi connectivity index (χ4v) is 1.63. The van der Waals surface area contributed by atoms with E-state index < -0.39 is 12.8 Å². The lowest BCUT2D eigenvalue weighted by Gasteiger charge is -2.13. The van der Waals surface area contributed by atoms with Gasteiger partial charge in [0.2, 0.25) is 0 Å². The van der Waals surface area contributed by atoms with Crippen molar-refractivity contribution in [3.63, 3.8) is 0 Å². The number of halogens is 3. The molecule has 0 radical (unpaired) electrons. The van der Waals surface area contributed by atoms with Gasteiger partial charge in [0.05, 0.1) is 6.61 Å². The van der Waals surface area contributed by atoms with Crippen LogP contribution in [0.2, 0.25) is 0 Å². The van der Waals surface area contributed by atoms with Gasteiger partial charge in [0.1, 0.15) is 6.61 Å². The van der Waals surface area contributed by atoms with E-state index in [2.05, 4.69) is 17.0 Å². The molecule has 0 aromatic heterocycles. The van der Waals surface area contributed by atoms with E-state index in [0.29, 0.717) is 12.6 Å². The van der Waals surface area contributed by atoms with Crippen LogP contribution >= 0.6 is 11.8 Å². The van der Waals surface area contributed by atoms with Gasteiger partial charge in [0.25, 0.3) is 0 Å². The van der Waals surface area contributed by atoms with Gasteiger partial charge in [-0.05, 0) is 12.7 Å². The van der Waals surface area contributed by atoms with E-state index >= 15 is 0 Å². The molecule has 0 aliphatic rings. The average Bonchev–Trinajstić information content (AvgIpc) is 2.12. The lowest BCUT2D eigenvalue weighted by Crippen LogP contribution is -2.32. The van der Waals surface area contributed by atoms with Crippen molar-refractivity contribution < 1.29 is 17.9 Å². The second-order valence-electron chi connectivity index (χ2n) is 3.18. The van der Waals surface area contributed by atoms with Crippen LogP contribution in [0.3, 0.4) is 0 Å². The summed E-state index contributed by atoms with van der Waals surface area (Å²) < 4.78 is 39.4. The van der Waals surface area contributed by atoms with Crippen molar-refractivity contribution in [2.75, 3.05) is 31.3 Å². The lowest BCUT2D eigenvalue weighted by molar-refractivity contribution is -0.173. The van der Waals surface area contributed by atoms with Crippen molar-refractivity contribution in [1.82, 2.24) is 5.32 Å². The van der Waals surface area contributed by atoms with Gasteiger partial charge in [-0.15, -0.1) is 0 Å². The lowest BCUT2D eigenvalue weighted by atomic mass is 10.4. The highest BCUT2D eigenvalue weighted by Gasteiger charge is 2.27. The van der Waals surface area contributed by atoms with Crippen molar-refractivity contribution in [3.8, 4) is 0 Å². The molecule has 0 amide bonds. The molecule has 0 heterocycles.